The Morgan fingerprint density at radius 3 is 2.34 bits per heavy atom. The second kappa shape index (κ2) is 10.3. The normalized spacial score (nSPS) is 20.1. The first-order valence-corrected chi connectivity index (χ1v) is 13.9. The van der Waals surface area contributed by atoms with Gasteiger partial charge in [0.15, 0.2) is 18.2 Å². The maximum Gasteiger partial charge on any atom is 0.344 e. The number of fused-ring (bicyclic) bond motifs is 2. The fraction of sp³-hybridized carbons (Fsp3) is 0.276. The number of esters is 1. The predicted octanol–water partition coefficient (Wildman–Crippen LogP) is 4.32. The summed E-state index contributed by atoms with van der Waals surface area (Å²) in [5, 5.41) is 0. The Morgan fingerprint density at radius 1 is 0.976 bits per heavy atom. The summed E-state index contributed by atoms with van der Waals surface area (Å²) in [6, 6.07) is 12.5. The zero-order valence-electron chi connectivity index (χ0n) is 22.3. The van der Waals surface area contributed by atoms with Crippen molar-refractivity contribution >= 4 is 40.0 Å². The number of nitrogens with zero attached hydrogens (tertiary/aromatic N) is 2. The van der Waals surface area contributed by atoms with Crippen LogP contribution in [-0.2, 0) is 41.3 Å². The molecule has 1 saturated heterocycles. The van der Waals surface area contributed by atoms with Crippen molar-refractivity contribution in [2.45, 2.75) is 37.8 Å². The number of carbonyl (C=O) groups excluding carboxylic acids is 3. The van der Waals surface area contributed by atoms with Crippen molar-refractivity contribution in [3.63, 3.8) is 0 Å². The molecule has 2 amide bonds. The van der Waals surface area contributed by atoms with Gasteiger partial charge < -0.3 is 14.4 Å². The van der Waals surface area contributed by atoms with E-state index in [9.17, 15) is 31.8 Å². The smallest absolute Gasteiger partial charge is 0.344 e. The number of hydrogen-bond acceptors (Lipinski definition) is 6. The molecule has 0 radical (unpaired) electrons. The highest BCUT2D eigenvalue weighted by molar-refractivity contribution is 7.88. The number of carbonyl (C=O) groups is 3. The monoisotopic (exact) mass is 586 g/mol. The number of amides is 2. The quantitative estimate of drug-likeness (QED) is 0.400. The average Bonchev–Trinajstić information content (AvgIpc) is 3.30. The molecule has 1 fully saturated rings. The van der Waals surface area contributed by atoms with Gasteiger partial charge in [-0.1, -0.05) is 12.1 Å². The minimum absolute atomic E-state index is 0.0665. The standard InChI is InChI=1S/C29H25F3N2O6S/c1-28(2,3)40-26(36)15-39-20-9-11-24-21(13-20)29(27(37)33(24)14-17-4-6-18(30)7-5-17)34(25(35)16-41(29)38)19-8-10-22(31)23(32)12-19/h4-13H,14-16H2,1-3H3. The first kappa shape index (κ1) is 28.3. The van der Waals surface area contributed by atoms with E-state index < -0.39 is 68.9 Å². The fourth-order valence-corrected chi connectivity index (χ4v) is 6.59. The van der Waals surface area contributed by atoms with Crippen molar-refractivity contribution in [1.82, 2.24) is 0 Å². The van der Waals surface area contributed by atoms with Crippen LogP contribution < -0.4 is 14.5 Å². The molecule has 41 heavy (non-hydrogen) atoms. The highest BCUT2D eigenvalue weighted by atomic mass is 32.2. The van der Waals surface area contributed by atoms with Crippen LogP contribution in [0.2, 0.25) is 0 Å². The largest absolute Gasteiger partial charge is 0.482 e. The molecule has 1 spiro atoms. The molecule has 8 nitrogen and oxygen atoms in total. The Balaban J connectivity index is 1.62. The van der Waals surface area contributed by atoms with Crippen molar-refractivity contribution in [2.24, 2.45) is 0 Å². The zero-order valence-corrected chi connectivity index (χ0v) is 23.1. The highest BCUT2D eigenvalue weighted by Gasteiger charge is 2.65. The molecule has 3 aromatic carbocycles. The van der Waals surface area contributed by atoms with Crippen LogP contribution >= 0.6 is 0 Å². The van der Waals surface area contributed by atoms with Gasteiger partial charge in [0, 0.05) is 17.3 Å². The number of halogens is 3. The lowest BCUT2D eigenvalue weighted by Gasteiger charge is -2.33. The molecular weight excluding hydrogens is 561 g/mol. The van der Waals surface area contributed by atoms with Crippen molar-refractivity contribution < 1.29 is 41.2 Å². The molecule has 0 aromatic heterocycles. The lowest BCUT2D eigenvalue weighted by molar-refractivity contribution is -0.157. The Bertz CT molecular complexity index is 1590. The van der Waals surface area contributed by atoms with Crippen LogP contribution in [0.15, 0.2) is 60.7 Å². The first-order chi connectivity index (χ1) is 19.3. The van der Waals surface area contributed by atoms with E-state index in [4.69, 9.17) is 9.47 Å². The van der Waals surface area contributed by atoms with Gasteiger partial charge in [0.2, 0.25) is 10.8 Å². The SMILES string of the molecule is CC(C)(C)OC(=O)COc1ccc2c(c1)C1(C(=O)N2Cc2ccc(F)cc2)N(c2ccc(F)c(F)c2)C(=O)CS1=O. The minimum atomic E-state index is -2.18. The summed E-state index contributed by atoms with van der Waals surface area (Å²) in [5.74, 6) is -5.48. The Kier molecular flexibility index (Phi) is 7.14. The minimum Gasteiger partial charge on any atom is -0.482 e. The highest BCUT2D eigenvalue weighted by Crippen LogP contribution is 2.52. The van der Waals surface area contributed by atoms with Crippen LogP contribution in [0.4, 0.5) is 24.5 Å². The third kappa shape index (κ3) is 5.08. The van der Waals surface area contributed by atoms with Gasteiger partial charge in [-0.05, 0) is 68.8 Å². The summed E-state index contributed by atoms with van der Waals surface area (Å²) in [7, 11) is -2.18. The van der Waals surface area contributed by atoms with E-state index in [2.05, 4.69) is 0 Å². The summed E-state index contributed by atoms with van der Waals surface area (Å²) in [6.45, 7) is 4.56. The van der Waals surface area contributed by atoms with Gasteiger partial charge in [-0.15, -0.1) is 0 Å². The summed E-state index contributed by atoms with van der Waals surface area (Å²) < 4.78 is 66.3. The molecule has 12 heteroatoms. The average molecular weight is 587 g/mol. The third-order valence-electron chi connectivity index (χ3n) is 6.50. The van der Waals surface area contributed by atoms with Crippen LogP contribution in [0.5, 0.6) is 5.75 Å². The molecule has 3 aromatic rings. The lowest BCUT2D eigenvalue weighted by atomic mass is 10.0. The van der Waals surface area contributed by atoms with E-state index >= 15 is 0 Å². The van der Waals surface area contributed by atoms with Gasteiger partial charge in [0.25, 0.3) is 5.91 Å². The molecule has 0 bridgehead atoms. The second-order valence-electron chi connectivity index (χ2n) is 10.5. The predicted molar refractivity (Wildman–Crippen MR) is 144 cm³/mol. The molecule has 2 unspecified atom stereocenters. The summed E-state index contributed by atoms with van der Waals surface area (Å²) in [6.07, 6.45) is 0. The van der Waals surface area contributed by atoms with E-state index in [1.54, 1.807) is 20.8 Å². The maximum atomic E-state index is 14.3. The van der Waals surface area contributed by atoms with Gasteiger partial charge >= 0.3 is 5.97 Å². The number of hydrogen-bond donors (Lipinski definition) is 0. The second-order valence-corrected chi connectivity index (χ2v) is 12.1. The summed E-state index contributed by atoms with van der Waals surface area (Å²) in [4.78, 5) is 39.8. The summed E-state index contributed by atoms with van der Waals surface area (Å²) >= 11 is 0. The van der Waals surface area contributed by atoms with E-state index in [0.717, 1.165) is 23.1 Å². The molecule has 2 aliphatic rings. The molecule has 0 aliphatic carbocycles. The van der Waals surface area contributed by atoms with Crippen molar-refractivity contribution in [3.8, 4) is 5.75 Å². The Labute approximate surface area is 236 Å². The number of anilines is 2. The third-order valence-corrected chi connectivity index (χ3v) is 8.24. The number of ether oxygens (including phenoxy) is 2. The Morgan fingerprint density at radius 2 is 1.68 bits per heavy atom. The van der Waals surface area contributed by atoms with E-state index in [1.807, 2.05) is 0 Å². The zero-order chi connectivity index (χ0) is 29.7. The van der Waals surface area contributed by atoms with Crippen LogP contribution in [0, 0.1) is 17.5 Å². The molecule has 2 heterocycles. The van der Waals surface area contributed by atoms with Crippen molar-refractivity contribution in [2.75, 3.05) is 22.2 Å². The topological polar surface area (TPSA) is 93.2 Å². The van der Waals surface area contributed by atoms with Crippen LogP contribution in [0.1, 0.15) is 31.9 Å². The number of rotatable bonds is 6. The lowest BCUT2D eigenvalue weighted by Crippen LogP contribution is -2.52. The number of benzene rings is 3. The van der Waals surface area contributed by atoms with Crippen LogP contribution in [-0.4, -0.2) is 40.0 Å². The van der Waals surface area contributed by atoms with E-state index in [1.165, 1.54) is 47.4 Å². The van der Waals surface area contributed by atoms with Gasteiger partial charge in [0.05, 0.1) is 23.0 Å². The molecule has 2 atom stereocenters. The first-order valence-electron chi connectivity index (χ1n) is 12.5. The molecule has 5 rings (SSSR count). The molecule has 0 saturated carbocycles. The fourth-order valence-electron chi connectivity index (χ4n) is 4.91. The Hall–Kier alpha value is -4.19. The van der Waals surface area contributed by atoms with Crippen LogP contribution in [0.3, 0.4) is 0 Å². The van der Waals surface area contributed by atoms with Crippen LogP contribution in [0.25, 0.3) is 0 Å². The molecular formula is C29H25F3N2O6S. The van der Waals surface area contributed by atoms with Gasteiger partial charge in [-0.3, -0.25) is 18.7 Å². The molecule has 0 N–H and O–H groups in total. The van der Waals surface area contributed by atoms with Gasteiger partial charge in [-0.25, -0.2) is 18.0 Å². The van der Waals surface area contributed by atoms with Gasteiger partial charge in [0.1, 0.15) is 22.9 Å². The maximum absolute atomic E-state index is 14.3. The summed E-state index contributed by atoms with van der Waals surface area (Å²) in [5.41, 5.74) is 0.0203. The van der Waals surface area contributed by atoms with Crippen molar-refractivity contribution in [3.05, 3.63) is 89.2 Å². The van der Waals surface area contributed by atoms with E-state index in [-0.39, 0.29) is 29.2 Å². The molecule has 214 valence electrons. The van der Waals surface area contributed by atoms with Gasteiger partial charge in [-0.2, -0.15) is 0 Å². The van der Waals surface area contributed by atoms with E-state index in [0.29, 0.717) is 5.56 Å². The van der Waals surface area contributed by atoms with Crippen molar-refractivity contribution in [1.29, 1.82) is 0 Å². The molecule has 2 aliphatic heterocycles.